The van der Waals surface area contributed by atoms with Gasteiger partial charge in [-0.3, -0.25) is 0 Å². The third-order valence-electron chi connectivity index (χ3n) is 14.9. The van der Waals surface area contributed by atoms with E-state index < -0.39 is 7.14 Å². The fourth-order valence-electron chi connectivity index (χ4n) is 11.3. The van der Waals surface area contributed by atoms with E-state index in [0.29, 0.717) is 17.5 Å². The van der Waals surface area contributed by atoms with Gasteiger partial charge in [0.25, 0.3) is 0 Å². The van der Waals surface area contributed by atoms with Crippen molar-refractivity contribution in [2.24, 2.45) is 0 Å². The summed E-state index contributed by atoms with van der Waals surface area (Å²) in [4.78, 5) is 15.5. The molecule has 0 aliphatic heterocycles. The summed E-state index contributed by atoms with van der Waals surface area (Å²) in [6.45, 7) is 3.78. The predicted molar refractivity (Wildman–Crippen MR) is 302 cm³/mol. The maximum atomic E-state index is 13.9. The summed E-state index contributed by atoms with van der Waals surface area (Å²) in [6.07, 6.45) is 5.76. The predicted octanol–water partition coefficient (Wildman–Crippen LogP) is 17.3. The molecule has 0 unspecified atom stereocenters. The van der Waals surface area contributed by atoms with Crippen molar-refractivity contribution in [2.45, 2.75) is 37.5 Å². The summed E-state index contributed by atoms with van der Waals surface area (Å²) in [5.41, 5.74) is 14.7. The molecule has 10 aromatic carbocycles. The van der Waals surface area contributed by atoms with Gasteiger partial charge in [0.05, 0.1) is 0 Å². The Balaban J connectivity index is 0.896. The van der Waals surface area contributed by atoms with Gasteiger partial charge in [0.1, 0.15) is 7.14 Å². The third kappa shape index (κ3) is 8.56. The molecule has 0 spiro atoms. The van der Waals surface area contributed by atoms with E-state index in [1.54, 1.807) is 0 Å². The van der Waals surface area contributed by atoms with Crippen molar-refractivity contribution >= 4 is 34.0 Å². The van der Waals surface area contributed by atoms with E-state index >= 15 is 0 Å². The second-order valence-electron chi connectivity index (χ2n) is 19.7. The van der Waals surface area contributed by atoms with Crippen LogP contribution in [0.5, 0.6) is 0 Å². The molecule has 1 saturated carbocycles. The lowest BCUT2D eigenvalue weighted by molar-refractivity contribution is 0.346. The fraction of sp³-hybridized carbons (Fsp3) is 0.119. The van der Waals surface area contributed by atoms with Crippen LogP contribution in [0.15, 0.2) is 231 Å². The van der Waals surface area contributed by atoms with Crippen molar-refractivity contribution in [3.8, 4) is 78.7 Å². The van der Waals surface area contributed by atoms with Crippen molar-refractivity contribution < 1.29 is 4.57 Å². The van der Waals surface area contributed by atoms with Gasteiger partial charge >= 0.3 is 0 Å². The molecule has 11 aromatic rings. The lowest BCUT2D eigenvalue weighted by Crippen LogP contribution is -2.30. The van der Waals surface area contributed by atoms with Gasteiger partial charge < -0.3 is 4.57 Å². The van der Waals surface area contributed by atoms with E-state index in [4.69, 9.17) is 15.0 Å². The Morgan fingerprint density at radius 1 is 0.319 bits per heavy atom. The van der Waals surface area contributed by atoms with E-state index in [1.807, 2.05) is 25.5 Å². The molecule has 0 N–H and O–H groups in total. The number of aromatic nitrogens is 3. The molecule has 5 heteroatoms. The molecule has 0 radical (unpaired) electrons. The minimum atomic E-state index is -2.59. The van der Waals surface area contributed by atoms with Crippen LogP contribution in [-0.4, -0.2) is 28.3 Å². The monoisotopic (exact) mass is 947 g/mol. The minimum absolute atomic E-state index is 0.125. The first-order valence-electron chi connectivity index (χ1n) is 25.2. The molecule has 1 aliphatic rings. The molecule has 348 valence electrons. The molecule has 0 atom stereocenters. The lowest BCUT2D eigenvalue weighted by atomic mass is 9.65. The van der Waals surface area contributed by atoms with Crippen LogP contribution in [0.2, 0.25) is 0 Å². The summed E-state index contributed by atoms with van der Waals surface area (Å²) in [6, 6.07) is 82.2. The number of benzene rings is 10. The molecule has 12 rings (SSSR count). The number of rotatable bonds is 10. The molecular weight excluding hydrogens is 894 g/mol. The Hall–Kier alpha value is -8.04. The third-order valence-corrected chi connectivity index (χ3v) is 16.5. The van der Waals surface area contributed by atoms with E-state index in [-0.39, 0.29) is 5.41 Å². The van der Waals surface area contributed by atoms with Gasteiger partial charge in [-0.15, -0.1) is 0 Å². The fourth-order valence-corrected chi connectivity index (χ4v) is 12.8. The average Bonchev–Trinajstić information content (AvgIpc) is 3.45. The molecule has 4 nitrogen and oxygen atoms in total. The Morgan fingerprint density at radius 3 is 0.972 bits per heavy atom. The standard InChI is InChI=1S/C67H54N3OP/c1-72(2,71)63-60-22-12-10-20-58(60)62(59-21-11-13-23-61(59)63)52-36-40-56(41-37-52)67(44-14-5-15-45-67)57-42-38-55(39-43-57)66-69-64(53-32-28-49(29-33-53)47-18-8-4-9-19-47)68-65(70-66)54-34-30-51(31-35-54)50-26-24-48(25-27-50)46-16-6-3-7-17-46/h3-4,6-13,16-43H,5,14-15,44-45H2,1-2H3. The molecule has 72 heavy (non-hydrogen) atoms. The molecule has 0 saturated heterocycles. The van der Waals surface area contributed by atoms with Crippen molar-refractivity contribution in [3.63, 3.8) is 0 Å². The highest BCUT2D eigenvalue weighted by atomic mass is 31.2. The SMILES string of the molecule is CP(C)(=O)c1c2ccccc2c(-c2ccc(C3(c4ccc(-c5nc(-c6ccc(-c7ccccc7)cc6)nc(-c6ccc(-c7ccc(-c8ccccc8)cc7)cc6)n5)cc4)CCCCC3)cc2)c2ccccc12. The van der Waals surface area contributed by atoms with Gasteiger partial charge in [-0.1, -0.05) is 250 Å². The summed E-state index contributed by atoms with van der Waals surface area (Å²) in [7, 11) is -2.59. The number of hydrogen-bond donors (Lipinski definition) is 0. The Morgan fingerprint density at radius 2 is 0.611 bits per heavy atom. The van der Waals surface area contributed by atoms with Crippen molar-refractivity contribution in [2.75, 3.05) is 13.3 Å². The summed E-state index contributed by atoms with van der Waals surface area (Å²) in [5, 5.41) is 5.40. The molecule has 1 heterocycles. The van der Waals surface area contributed by atoms with Gasteiger partial charge in [-0.05, 0) is 103 Å². The quantitative estimate of drug-likeness (QED) is 0.101. The van der Waals surface area contributed by atoms with E-state index in [0.717, 1.165) is 73.1 Å². The highest BCUT2D eigenvalue weighted by Gasteiger charge is 2.36. The molecule has 0 amide bonds. The van der Waals surface area contributed by atoms with Crippen molar-refractivity contribution in [1.82, 2.24) is 15.0 Å². The number of nitrogens with zero attached hydrogens (tertiary/aromatic N) is 3. The summed E-state index contributed by atoms with van der Waals surface area (Å²) in [5.74, 6) is 1.91. The molecule has 1 fully saturated rings. The van der Waals surface area contributed by atoms with Crippen molar-refractivity contribution in [1.29, 1.82) is 0 Å². The van der Waals surface area contributed by atoms with E-state index in [9.17, 15) is 4.57 Å². The first kappa shape index (κ1) is 45.1. The average molecular weight is 948 g/mol. The van der Waals surface area contributed by atoms with Crippen molar-refractivity contribution in [3.05, 3.63) is 242 Å². The molecular formula is C67H54N3OP. The summed E-state index contributed by atoms with van der Waals surface area (Å²) >= 11 is 0. The van der Waals surface area contributed by atoms with Gasteiger partial charge in [0.2, 0.25) is 0 Å². The lowest BCUT2D eigenvalue weighted by Gasteiger charge is -2.39. The van der Waals surface area contributed by atoms with Gasteiger partial charge in [-0.25, -0.2) is 15.0 Å². The van der Waals surface area contributed by atoms with Crippen LogP contribution >= 0.6 is 7.14 Å². The second-order valence-corrected chi connectivity index (χ2v) is 22.9. The topological polar surface area (TPSA) is 55.7 Å². The molecule has 0 bridgehead atoms. The van der Waals surface area contributed by atoms with Crippen LogP contribution in [0, 0.1) is 0 Å². The minimum Gasteiger partial charge on any atom is -0.319 e. The maximum Gasteiger partial charge on any atom is 0.164 e. The van der Waals surface area contributed by atoms with Crippen LogP contribution in [-0.2, 0) is 9.98 Å². The first-order valence-corrected chi connectivity index (χ1v) is 27.8. The van der Waals surface area contributed by atoms with Crippen LogP contribution in [0.25, 0.3) is 100 Å². The molecule has 1 aromatic heterocycles. The van der Waals surface area contributed by atoms with Crippen LogP contribution < -0.4 is 5.30 Å². The Kier molecular flexibility index (Phi) is 11.9. The zero-order valence-corrected chi connectivity index (χ0v) is 41.6. The largest absolute Gasteiger partial charge is 0.319 e. The highest BCUT2D eigenvalue weighted by molar-refractivity contribution is 7.71. The Labute approximate surface area is 422 Å². The second kappa shape index (κ2) is 18.9. The zero-order valence-electron chi connectivity index (χ0n) is 40.7. The van der Waals surface area contributed by atoms with E-state index in [2.05, 4.69) is 218 Å². The smallest absolute Gasteiger partial charge is 0.164 e. The number of fused-ring (bicyclic) bond motifs is 2. The van der Waals surface area contributed by atoms with Crippen LogP contribution in [0.1, 0.15) is 43.2 Å². The number of hydrogen-bond acceptors (Lipinski definition) is 4. The van der Waals surface area contributed by atoms with Gasteiger partial charge in [-0.2, -0.15) is 0 Å². The Bertz CT molecular complexity index is 3710. The maximum absolute atomic E-state index is 13.9. The normalized spacial score (nSPS) is 13.6. The van der Waals surface area contributed by atoms with Crippen LogP contribution in [0.4, 0.5) is 0 Å². The first-order chi connectivity index (χ1) is 35.3. The van der Waals surface area contributed by atoms with Crippen LogP contribution in [0.3, 0.4) is 0 Å². The summed E-state index contributed by atoms with van der Waals surface area (Å²) < 4.78 is 13.9. The molecule has 1 aliphatic carbocycles. The van der Waals surface area contributed by atoms with Gasteiger partial charge in [0.15, 0.2) is 17.5 Å². The highest BCUT2D eigenvalue weighted by Crippen LogP contribution is 2.48. The van der Waals surface area contributed by atoms with Gasteiger partial charge in [0, 0.05) is 27.4 Å². The van der Waals surface area contributed by atoms with E-state index in [1.165, 1.54) is 58.2 Å². The zero-order chi connectivity index (χ0) is 48.7.